The highest BCUT2D eigenvalue weighted by Crippen LogP contribution is 2.19. The van der Waals surface area contributed by atoms with E-state index in [4.69, 9.17) is 0 Å². The van der Waals surface area contributed by atoms with Gasteiger partial charge in [-0.1, -0.05) is 33.3 Å². The van der Waals surface area contributed by atoms with E-state index in [1.54, 1.807) is 0 Å². The summed E-state index contributed by atoms with van der Waals surface area (Å²) < 4.78 is 0. The molecular formula is C13H27N. The van der Waals surface area contributed by atoms with E-state index >= 15 is 0 Å². The second-order valence-corrected chi connectivity index (χ2v) is 4.82. The van der Waals surface area contributed by atoms with Crippen molar-refractivity contribution in [3.05, 3.63) is 12.2 Å². The summed E-state index contributed by atoms with van der Waals surface area (Å²) in [5, 5.41) is 3.62. The van der Waals surface area contributed by atoms with Gasteiger partial charge in [0.2, 0.25) is 0 Å². The smallest absolute Gasteiger partial charge is 0.0132 e. The molecule has 1 nitrogen and oxygen atoms in total. The Morgan fingerprint density at radius 3 is 2.21 bits per heavy atom. The normalized spacial score (nSPS) is 15.6. The van der Waals surface area contributed by atoms with Crippen LogP contribution in [0, 0.1) is 11.8 Å². The lowest BCUT2D eigenvalue weighted by Gasteiger charge is -2.28. The molecule has 0 aromatic rings. The first kappa shape index (κ1) is 13.7. The van der Waals surface area contributed by atoms with Crippen LogP contribution in [0.25, 0.3) is 0 Å². The van der Waals surface area contributed by atoms with Crippen LogP contribution in [-0.2, 0) is 0 Å². The molecule has 0 aliphatic heterocycles. The Kier molecular flexibility index (Phi) is 6.90. The molecule has 0 aliphatic carbocycles. The molecule has 0 saturated carbocycles. The number of nitrogens with one attached hydrogen (secondary N) is 1. The van der Waals surface area contributed by atoms with Crippen molar-refractivity contribution in [2.45, 2.75) is 53.5 Å². The largest absolute Gasteiger partial charge is 0.313 e. The van der Waals surface area contributed by atoms with Crippen LogP contribution in [0.5, 0.6) is 0 Å². The first-order valence-corrected chi connectivity index (χ1v) is 5.86. The van der Waals surface area contributed by atoms with Crippen molar-refractivity contribution in [3.63, 3.8) is 0 Å². The van der Waals surface area contributed by atoms with E-state index in [0.717, 1.165) is 24.8 Å². The van der Waals surface area contributed by atoms with Crippen molar-refractivity contribution >= 4 is 0 Å². The van der Waals surface area contributed by atoms with E-state index in [9.17, 15) is 0 Å². The molecular weight excluding hydrogens is 170 g/mol. The molecule has 0 rings (SSSR count). The van der Waals surface area contributed by atoms with Crippen LogP contribution in [0.1, 0.15) is 47.5 Å². The van der Waals surface area contributed by atoms with Gasteiger partial charge >= 0.3 is 0 Å². The van der Waals surface area contributed by atoms with E-state index in [-0.39, 0.29) is 0 Å². The fourth-order valence-corrected chi connectivity index (χ4v) is 1.61. The first-order chi connectivity index (χ1) is 6.49. The van der Waals surface area contributed by atoms with Gasteiger partial charge < -0.3 is 5.32 Å². The monoisotopic (exact) mass is 197 g/mol. The Hall–Kier alpha value is -0.300. The van der Waals surface area contributed by atoms with E-state index in [1.165, 1.54) is 12.0 Å². The van der Waals surface area contributed by atoms with Gasteiger partial charge in [-0.15, -0.1) is 6.58 Å². The fourth-order valence-electron chi connectivity index (χ4n) is 1.61. The quantitative estimate of drug-likeness (QED) is 0.615. The maximum absolute atomic E-state index is 4.00. The molecule has 14 heavy (non-hydrogen) atoms. The van der Waals surface area contributed by atoms with Gasteiger partial charge in [-0.3, -0.25) is 0 Å². The molecule has 0 saturated heterocycles. The van der Waals surface area contributed by atoms with Crippen LogP contribution in [-0.4, -0.2) is 12.6 Å². The Labute approximate surface area is 90.0 Å². The van der Waals surface area contributed by atoms with Crippen LogP contribution >= 0.6 is 0 Å². The average molecular weight is 197 g/mol. The maximum atomic E-state index is 4.00. The van der Waals surface area contributed by atoms with Crippen LogP contribution in [0.4, 0.5) is 0 Å². The molecule has 0 radical (unpaired) electrons. The van der Waals surface area contributed by atoms with E-state index < -0.39 is 0 Å². The lowest BCUT2D eigenvalue weighted by Crippen LogP contribution is -2.37. The summed E-state index contributed by atoms with van der Waals surface area (Å²) in [7, 11) is 0. The van der Waals surface area contributed by atoms with Crippen molar-refractivity contribution in [1.29, 1.82) is 0 Å². The number of hydrogen-bond donors (Lipinski definition) is 1. The third-order valence-electron chi connectivity index (χ3n) is 2.91. The molecule has 0 aliphatic rings. The van der Waals surface area contributed by atoms with Crippen LogP contribution in [0.2, 0.25) is 0 Å². The number of hydrogen-bond acceptors (Lipinski definition) is 1. The molecule has 0 bridgehead atoms. The molecule has 0 fully saturated rings. The van der Waals surface area contributed by atoms with Crippen LogP contribution < -0.4 is 5.32 Å². The van der Waals surface area contributed by atoms with Crippen molar-refractivity contribution in [3.8, 4) is 0 Å². The predicted octanol–water partition coefficient (Wildman–Crippen LogP) is 3.61. The molecule has 0 heterocycles. The van der Waals surface area contributed by atoms with Gasteiger partial charge in [0.15, 0.2) is 0 Å². The average Bonchev–Trinajstić information content (AvgIpc) is 2.10. The van der Waals surface area contributed by atoms with Crippen LogP contribution in [0.15, 0.2) is 12.2 Å². The Bertz CT molecular complexity index is 161. The van der Waals surface area contributed by atoms with Gasteiger partial charge in [0.1, 0.15) is 0 Å². The first-order valence-electron chi connectivity index (χ1n) is 5.86. The zero-order chi connectivity index (χ0) is 11.1. The standard InChI is InChI=1S/C13H27N/c1-7-8-14-13(9-10(2)3)12(6)11(4)5/h11-14H,2,7-9H2,1,3-6H3. The Balaban J connectivity index is 4.15. The van der Waals surface area contributed by atoms with Crippen LogP contribution in [0.3, 0.4) is 0 Å². The van der Waals surface area contributed by atoms with E-state index in [0.29, 0.717) is 6.04 Å². The lowest BCUT2D eigenvalue weighted by atomic mass is 9.87. The highest BCUT2D eigenvalue weighted by atomic mass is 14.9. The minimum absolute atomic E-state index is 0.604. The third-order valence-corrected chi connectivity index (χ3v) is 2.91. The Morgan fingerprint density at radius 1 is 1.29 bits per heavy atom. The van der Waals surface area contributed by atoms with Gasteiger partial charge in [-0.25, -0.2) is 0 Å². The molecule has 2 atom stereocenters. The van der Waals surface area contributed by atoms with Crippen molar-refractivity contribution < 1.29 is 0 Å². The highest BCUT2D eigenvalue weighted by molar-refractivity contribution is 4.94. The molecule has 0 aromatic carbocycles. The zero-order valence-corrected chi connectivity index (χ0v) is 10.6. The molecule has 1 N–H and O–H groups in total. The summed E-state index contributed by atoms with van der Waals surface area (Å²) >= 11 is 0. The summed E-state index contributed by atoms with van der Waals surface area (Å²) in [5.41, 5.74) is 1.28. The topological polar surface area (TPSA) is 12.0 Å². The molecule has 0 aromatic heterocycles. The predicted molar refractivity (Wildman–Crippen MR) is 65.5 cm³/mol. The number of rotatable bonds is 7. The molecule has 0 spiro atoms. The van der Waals surface area contributed by atoms with Gasteiger partial charge in [0.05, 0.1) is 0 Å². The zero-order valence-electron chi connectivity index (χ0n) is 10.6. The maximum Gasteiger partial charge on any atom is 0.0132 e. The summed E-state index contributed by atoms with van der Waals surface area (Å²) in [6.45, 7) is 16.4. The molecule has 2 unspecified atom stereocenters. The Morgan fingerprint density at radius 2 is 1.86 bits per heavy atom. The minimum atomic E-state index is 0.604. The van der Waals surface area contributed by atoms with Crippen molar-refractivity contribution in [2.75, 3.05) is 6.54 Å². The van der Waals surface area contributed by atoms with Gasteiger partial charge in [0.25, 0.3) is 0 Å². The van der Waals surface area contributed by atoms with E-state index in [1.807, 2.05) is 0 Å². The van der Waals surface area contributed by atoms with Crippen molar-refractivity contribution in [1.82, 2.24) is 5.32 Å². The second-order valence-electron chi connectivity index (χ2n) is 4.82. The van der Waals surface area contributed by atoms with Gasteiger partial charge in [-0.2, -0.15) is 0 Å². The lowest BCUT2D eigenvalue weighted by molar-refractivity contribution is 0.297. The summed E-state index contributed by atoms with van der Waals surface area (Å²) in [4.78, 5) is 0. The summed E-state index contributed by atoms with van der Waals surface area (Å²) in [6, 6.07) is 0.604. The van der Waals surface area contributed by atoms with Gasteiger partial charge in [0, 0.05) is 6.04 Å². The van der Waals surface area contributed by atoms with Gasteiger partial charge in [-0.05, 0) is 38.1 Å². The second kappa shape index (κ2) is 7.05. The van der Waals surface area contributed by atoms with E-state index in [2.05, 4.69) is 46.5 Å². The summed E-state index contributed by atoms with van der Waals surface area (Å²) in [6.07, 6.45) is 2.32. The summed E-state index contributed by atoms with van der Waals surface area (Å²) in [5.74, 6) is 1.46. The minimum Gasteiger partial charge on any atom is -0.313 e. The highest BCUT2D eigenvalue weighted by Gasteiger charge is 2.19. The van der Waals surface area contributed by atoms with Crippen molar-refractivity contribution in [2.24, 2.45) is 11.8 Å². The molecule has 84 valence electrons. The fraction of sp³-hybridized carbons (Fsp3) is 0.846. The molecule has 1 heteroatoms. The SMILES string of the molecule is C=C(C)CC(NCCC)C(C)C(C)C. The molecule has 0 amide bonds. The third kappa shape index (κ3) is 5.43.